The van der Waals surface area contributed by atoms with Crippen LogP contribution in [0, 0.1) is 5.92 Å². The molecule has 1 aliphatic rings. The molecular weight excluding hydrogens is 228 g/mol. The van der Waals surface area contributed by atoms with Gasteiger partial charge < -0.3 is 9.84 Å². The average molecular weight is 244 g/mol. The summed E-state index contributed by atoms with van der Waals surface area (Å²) in [4.78, 5) is 33.4. The summed E-state index contributed by atoms with van der Waals surface area (Å²) in [5.74, 6) is -2.26. The Bertz CT molecular complexity index is 347. The van der Waals surface area contributed by atoms with Gasteiger partial charge in [0.25, 0.3) is 0 Å². The average Bonchev–Trinajstić information content (AvgIpc) is 2.44. The SMILES string of the molecule is CC(C)(C)OC(=O)NN1C[C@H](C(=O)O)CC1=O. The number of nitrogens with zero attached hydrogens (tertiary/aromatic N) is 1. The summed E-state index contributed by atoms with van der Waals surface area (Å²) in [5, 5.41) is 9.73. The molecule has 0 aliphatic carbocycles. The molecule has 0 radical (unpaired) electrons. The van der Waals surface area contributed by atoms with Gasteiger partial charge in [0.15, 0.2) is 0 Å². The van der Waals surface area contributed by atoms with Crippen molar-refractivity contribution in [2.75, 3.05) is 6.54 Å². The van der Waals surface area contributed by atoms with Crippen molar-refractivity contribution in [3.8, 4) is 0 Å². The molecule has 1 fully saturated rings. The number of aliphatic carboxylic acids is 1. The van der Waals surface area contributed by atoms with Crippen molar-refractivity contribution in [3.63, 3.8) is 0 Å². The molecule has 0 aromatic carbocycles. The highest BCUT2D eigenvalue weighted by Gasteiger charge is 2.35. The van der Waals surface area contributed by atoms with E-state index in [-0.39, 0.29) is 13.0 Å². The molecule has 2 amide bonds. The molecule has 7 heteroatoms. The molecule has 0 aromatic heterocycles. The molecule has 7 nitrogen and oxygen atoms in total. The van der Waals surface area contributed by atoms with Crippen LogP contribution in [0.1, 0.15) is 27.2 Å². The van der Waals surface area contributed by atoms with Crippen molar-refractivity contribution in [2.45, 2.75) is 32.8 Å². The fraction of sp³-hybridized carbons (Fsp3) is 0.700. The highest BCUT2D eigenvalue weighted by atomic mass is 16.6. The second-order valence-electron chi connectivity index (χ2n) is 4.86. The number of nitrogens with one attached hydrogen (secondary N) is 1. The van der Waals surface area contributed by atoms with Crippen molar-refractivity contribution in [1.29, 1.82) is 0 Å². The first-order chi connectivity index (χ1) is 7.69. The van der Waals surface area contributed by atoms with Gasteiger partial charge in [-0.2, -0.15) is 0 Å². The molecule has 0 unspecified atom stereocenters. The Morgan fingerprint density at radius 1 is 1.47 bits per heavy atom. The summed E-state index contributed by atoms with van der Waals surface area (Å²) < 4.78 is 4.95. The Balaban J connectivity index is 2.50. The quantitative estimate of drug-likeness (QED) is 0.731. The van der Waals surface area contributed by atoms with Gasteiger partial charge in [-0.15, -0.1) is 0 Å². The third-order valence-corrected chi connectivity index (χ3v) is 2.10. The van der Waals surface area contributed by atoms with Crippen LogP contribution < -0.4 is 5.43 Å². The highest BCUT2D eigenvalue weighted by molar-refractivity contribution is 5.87. The van der Waals surface area contributed by atoms with Crippen LogP contribution in [0.3, 0.4) is 0 Å². The maximum Gasteiger partial charge on any atom is 0.426 e. The predicted molar refractivity (Wildman–Crippen MR) is 56.8 cm³/mol. The lowest BCUT2D eigenvalue weighted by molar-refractivity contribution is -0.141. The number of ether oxygens (including phenoxy) is 1. The molecule has 17 heavy (non-hydrogen) atoms. The number of carboxylic acid groups (broad SMARTS) is 1. The van der Waals surface area contributed by atoms with E-state index in [4.69, 9.17) is 9.84 Å². The van der Waals surface area contributed by atoms with Crippen LogP contribution in [0.4, 0.5) is 4.79 Å². The lowest BCUT2D eigenvalue weighted by atomic mass is 10.1. The van der Waals surface area contributed by atoms with Crippen LogP contribution >= 0.6 is 0 Å². The van der Waals surface area contributed by atoms with Crippen molar-refractivity contribution in [1.82, 2.24) is 10.4 Å². The summed E-state index contributed by atoms with van der Waals surface area (Å²) in [6.45, 7) is 5.04. The van der Waals surface area contributed by atoms with E-state index in [1.54, 1.807) is 20.8 Å². The number of carbonyl (C=O) groups excluding carboxylic acids is 2. The number of rotatable bonds is 2. The standard InChI is InChI=1S/C10H16N2O5/c1-10(2,3)17-9(16)11-12-5-6(8(14)15)4-7(12)13/h6H,4-5H2,1-3H3,(H,11,16)(H,14,15)/t6-/m1/s1. The van der Waals surface area contributed by atoms with Gasteiger partial charge in [-0.25, -0.2) is 10.2 Å². The Morgan fingerprint density at radius 3 is 2.47 bits per heavy atom. The number of hydrogen-bond acceptors (Lipinski definition) is 4. The Hall–Kier alpha value is -1.79. The van der Waals surface area contributed by atoms with E-state index in [2.05, 4.69) is 5.43 Å². The van der Waals surface area contributed by atoms with Crippen molar-refractivity contribution in [2.24, 2.45) is 5.92 Å². The van der Waals surface area contributed by atoms with Crippen LogP contribution in [-0.4, -0.2) is 40.2 Å². The summed E-state index contributed by atoms with van der Waals surface area (Å²) in [6, 6.07) is 0. The maximum absolute atomic E-state index is 11.4. The largest absolute Gasteiger partial charge is 0.481 e. The van der Waals surface area contributed by atoms with E-state index < -0.39 is 29.5 Å². The first-order valence-electron chi connectivity index (χ1n) is 5.22. The van der Waals surface area contributed by atoms with Crippen molar-refractivity contribution in [3.05, 3.63) is 0 Å². The molecule has 1 rings (SSSR count). The Morgan fingerprint density at radius 2 is 2.06 bits per heavy atom. The van der Waals surface area contributed by atoms with Gasteiger partial charge in [-0.3, -0.25) is 14.6 Å². The molecule has 0 bridgehead atoms. The number of amides is 2. The zero-order chi connectivity index (χ0) is 13.2. The minimum Gasteiger partial charge on any atom is -0.481 e. The lowest BCUT2D eigenvalue weighted by Crippen LogP contribution is -2.45. The van der Waals surface area contributed by atoms with E-state index >= 15 is 0 Å². The smallest absolute Gasteiger partial charge is 0.426 e. The zero-order valence-electron chi connectivity index (χ0n) is 10.0. The van der Waals surface area contributed by atoms with E-state index in [9.17, 15) is 14.4 Å². The zero-order valence-corrected chi connectivity index (χ0v) is 10.0. The number of hydrogen-bond donors (Lipinski definition) is 2. The van der Waals surface area contributed by atoms with Gasteiger partial charge in [0.05, 0.1) is 12.5 Å². The van der Waals surface area contributed by atoms with Crippen LogP contribution in [0.5, 0.6) is 0 Å². The van der Waals surface area contributed by atoms with Gasteiger partial charge in [-0.05, 0) is 20.8 Å². The highest BCUT2D eigenvalue weighted by Crippen LogP contribution is 2.16. The fourth-order valence-corrected chi connectivity index (χ4v) is 1.39. The summed E-state index contributed by atoms with van der Waals surface area (Å²) in [5.41, 5.74) is 1.56. The number of hydrazine groups is 1. The number of carbonyl (C=O) groups is 3. The fourth-order valence-electron chi connectivity index (χ4n) is 1.39. The lowest BCUT2D eigenvalue weighted by Gasteiger charge is -2.23. The van der Waals surface area contributed by atoms with Crippen molar-refractivity contribution >= 4 is 18.0 Å². The normalized spacial score (nSPS) is 20.3. The van der Waals surface area contributed by atoms with Crippen LogP contribution in [0.2, 0.25) is 0 Å². The summed E-state index contributed by atoms with van der Waals surface area (Å²) >= 11 is 0. The number of carboxylic acids is 1. The topological polar surface area (TPSA) is 95.9 Å². The molecule has 0 aromatic rings. The van der Waals surface area contributed by atoms with E-state index in [0.717, 1.165) is 5.01 Å². The second-order valence-corrected chi connectivity index (χ2v) is 4.86. The van der Waals surface area contributed by atoms with Crippen LogP contribution in [-0.2, 0) is 14.3 Å². The second kappa shape index (κ2) is 4.60. The minimum absolute atomic E-state index is 0.0343. The molecule has 1 aliphatic heterocycles. The van der Waals surface area contributed by atoms with Gasteiger partial charge in [0.2, 0.25) is 5.91 Å². The molecule has 0 spiro atoms. The predicted octanol–water partition coefficient (Wildman–Crippen LogP) is 0.359. The monoisotopic (exact) mass is 244 g/mol. The molecule has 96 valence electrons. The van der Waals surface area contributed by atoms with Gasteiger partial charge in [0.1, 0.15) is 5.60 Å². The van der Waals surface area contributed by atoms with Crippen molar-refractivity contribution < 1.29 is 24.2 Å². The van der Waals surface area contributed by atoms with E-state index in [0.29, 0.717) is 0 Å². The third kappa shape index (κ3) is 3.93. The maximum atomic E-state index is 11.4. The van der Waals surface area contributed by atoms with Crippen LogP contribution in [0.25, 0.3) is 0 Å². The third-order valence-electron chi connectivity index (χ3n) is 2.10. The summed E-state index contributed by atoms with van der Waals surface area (Å²) in [7, 11) is 0. The first-order valence-corrected chi connectivity index (χ1v) is 5.22. The van der Waals surface area contributed by atoms with E-state index in [1.807, 2.05) is 0 Å². The molecule has 0 saturated carbocycles. The van der Waals surface area contributed by atoms with Gasteiger partial charge in [-0.1, -0.05) is 0 Å². The molecule has 1 atom stereocenters. The minimum atomic E-state index is -1.05. The Kier molecular flexibility index (Phi) is 3.59. The van der Waals surface area contributed by atoms with Gasteiger partial charge in [0, 0.05) is 6.42 Å². The molecule has 2 N–H and O–H groups in total. The molecule has 1 heterocycles. The Labute approximate surface area is 98.7 Å². The van der Waals surface area contributed by atoms with Gasteiger partial charge >= 0.3 is 12.1 Å². The summed E-state index contributed by atoms with van der Waals surface area (Å²) in [6.07, 6.45) is -0.873. The van der Waals surface area contributed by atoms with Crippen LogP contribution in [0.15, 0.2) is 0 Å². The first kappa shape index (κ1) is 13.3. The molecular formula is C10H16N2O5. The molecule has 1 saturated heterocycles. The van der Waals surface area contributed by atoms with E-state index in [1.165, 1.54) is 0 Å².